The molecule has 1 atom stereocenters. The summed E-state index contributed by atoms with van der Waals surface area (Å²) in [4.78, 5) is 31.1. The second-order valence-corrected chi connectivity index (χ2v) is 7.42. The summed E-state index contributed by atoms with van der Waals surface area (Å²) in [5.74, 6) is -2.82. The van der Waals surface area contributed by atoms with Gasteiger partial charge in [0.25, 0.3) is 0 Å². The Bertz CT molecular complexity index is 725. The van der Waals surface area contributed by atoms with Crippen LogP contribution in [0.5, 0.6) is 5.75 Å². The Hall–Kier alpha value is -2.78. The third kappa shape index (κ3) is 13.4. The number of aliphatic hydroxyl groups is 1. The zero-order valence-electron chi connectivity index (χ0n) is 17.6. The summed E-state index contributed by atoms with van der Waals surface area (Å²) >= 11 is 0. The number of carbonyl (C=O) groups is 3. The number of carbonyl (C=O) groups excluding carboxylic acids is 1. The van der Waals surface area contributed by atoms with Gasteiger partial charge in [-0.15, -0.1) is 0 Å². The number of ketones is 1. The average molecular weight is 427 g/mol. The van der Waals surface area contributed by atoms with E-state index in [9.17, 15) is 23.9 Å². The van der Waals surface area contributed by atoms with Crippen molar-refractivity contribution >= 4 is 17.7 Å². The van der Waals surface area contributed by atoms with Crippen molar-refractivity contribution in [2.75, 3.05) is 13.2 Å². The molecular formula is C21H30FNO7. The zero-order chi connectivity index (χ0) is 23.3. The van der Waals surface area contributed by atoms with Gasteiger partial charge in [0.1, 0.15) is 24.3 Å². The Morgan fingerprint density at radius 1 is 1.17 bits per heavy atom. The van der Waals surface area contributed by atoms with E-state index in [0.717, 1.165) is 0 Å². The Labute approximate surface area is 175 Å². The number of ether oxygens (including phenoxy) is 1. The first kappa shape index (κ1) is 27.2. The highest BCUT2D eigenvalue weighted by Crippen LogP contribution is 2.22. The molecule has 0 saturated heterocycles. The van der Waals surface area contributed by atoms with Crippen LogP contribution in [0.1, 0.15) is 50.9 Å². The van der Waals surface area contributed by atoms with Crippen LogP contribution < -0.4 is 10.1 Å². The second-order valence-electron chi connectivity index (χ2n) is 7.42. The standard InChI is InChI=1S/C17H26FNO3.C4H4O4/c1-5-6-15(21)14-9-12(18)7-8-16(14)22-11-13(20)10-19-17(2,3)4;5-3(6)1-2-4(7)8/h7-9,13,19-20H,5-6,10-11H2,1-4H3;1-2H,(H,5,6)(H,7,8)/b;2-1-/t13-;/m1./s1. The zero-order valence-corrected chi connectivity index (χ0v) is 17.6. The van der Waals surface area contributed by atoms with Gasteiger partial charge < -0.3 is 25.4 Å². The number of aliphatic hydroxyl groups excluding tert-OH is 1. The van der Waals surface area contributed by atoms with E-state index in [1.807, 2.05) is 27.7 Å². The smallest absolute Gasteiger partial charge is 0.328 e. The highest BCUT2D eigenvalue weighted by atomic mass is 19.1. The van der Waals surface area contributed by atoms with Crippen LogP contribution in [-0.4, -0.2) is 57.8 Å². The van der Waals surface area contributed by atoms with Crippen molar-refractivity contribution in [2.45, 2.75) is 52.2 Å². The van der Waals surface area contributed by atoms with Crippen molar-refractivity contribution in [3.63, 3.8) is 0 Å². The lowest BCUT2D eigenvalue weighted by molar-refractivity contribution is -0.134. The molecule has 0 bridgehead atoms. The molecule has 8 nitrogen and oxygen atoms in total. The van der Waals surface area contributed by atoms with Crippen LogP contribution >= 0.6 is 0 Å². The third-order valence-electron chi connectivity index (χ3n) is 3.39. The maximum Gasteiger partial charge on any atom is 0.328 e. The molecule has 0 heterocycles. The molecule has 0 aromatic heterocycles. The van der Waals surface area contributed by atoms with Crippen LogP contribution in [0.4, 0.5) is 4.39 Å². The molecule has 0 aliphatic rings. The number of benzene rings is 1. The van der Waals surface area contributed by atoms with Crippen molar-refractivity contribution in [3.05, 3.63) is 41.7 Å². The maximum absolute atomic E-state index is 13.3. The number of carboxylic acids is 2. The number of β-amino-alcohol motifs (C(OH)–C–C–N with tert-alkyl or cyclic N) is 1. The Kier molecular flexibility index (Phi) is 12.2. The first-order chi connectivity index (χ1) is 13.9. The van der Waals surface area contributed by atoms with Crippen LogP contribution in [0.15, 0.2) is 30.4 Å². The minimum atomic E-state index is -1.26. The lowest BCUT2D eigenvalue weighted by Crippen LogP contribution is -2.42. The number of hydrogen-bond acceptors (Lipinski definition) is 6. The maximum atomic E-state index is 13.3. The van der Waals surface area contributed by atoms with Crippen molar-refractivity contribution < 1.29 is 38.8 Å². The quantitative estimate of drug-likeness (QED) is 0.331. The molecule has 30 heavy (non-hydrogen) atoms. The summed E-state index contributed by atoms with van der Waals surface area (Å²) in [6.45, 7) is 8.32. The molecule has 0 saturated carbocycles. The van der Waals surface area contributed by atoms with Crippen LogP contribution in [0.3, 0.4) is 0 Å². The topological polar surface area (TPSA) is 133 Å². The lowest BCUT2D eigenvalue weighted by Gasteiger charge is -2.23. The fourth-order valence-electron chi connectivity index (χ4n) is 2.02. The highest BCUT2D eigenvalue weighted by molar-refractivity contribution is 5.98. The molecule has 1 aromatic rings. The normalized spacial score (nSPS) is 12.1. The lowest BCUT2D eigenvalue weighted by atomic mass is 10.1. The SMILES string of the molecule is CCCC(=O)c1cc(F)ccc1OC[C@H](O)CNC(C)(C)C.O=C(O)/C=C\C(=O)O. The van der Waals surface area contributed by atoms with Crippen molar-refractivity contribution in [2.24, 2.45) is 0 Å². The largest absolute Gasteiger partial charge is 0.490 e. The minimum absolute atomic E-state index is 0.0428. The van der Waals surface area contributed by atoms with Crippen LogP contribution in [-0.2, 0) is 9.59 Å². The first-order valence-corrected chi connectivity index (χ1v) is 9.38. The Morgan fingerprint density at radius 2 is 1.73 bits per heavy atom. The van der Waals surface area contributed by atoms with Crippen LogP contribution in [0, 0.1) is 5.82 Å². The average Bonchev–Trinajstić information content (AvgIpc) is 2.63. The monoisotopic (exact) mass is 427 g/mol. The number of rotatable bonds is 10. The van der Waals surface area contributed by atoms with E-state index in [1.54, 1.807) is 0 Å². The predicted octanol–water partition coefficient (Wildman–Crippen LogP) is 2.65. The summed E-state index contributed by atoms with van der Waals surface area (Å²) in [7, 11) is 0. The van der Waals surface area contributed by atoms with Gasteiger partial charge in [-0.25, -0.2) is 14.0 Å². The number of halogens is 1. The molecule has 0 aliphatic carbocycles. The van der Waals surface area contributed by atoms with Crippen molar-refractivity contribution in [1.29, 1.82) is 0 Å². The van der Waals surface area contributed by atoms with Crippen molar-refractivity contribution in [3.8, 4) is 5.75 Å². The molecule has 0 unspecified atom stereocenters. The number of nitrogens with one attached hydrogen (secondary N) is 1. The van der Waals surface area contributed by atoms with Crippen molar-refractivity contribution in [1.82, 2.24) is 5.32 Å². The molecule has 0 radical (unpaired) electrons. The third-order valence-corrected chi connectivity index (χ3v) is 3.39. The molecular weight excluding hydrogens is 397 g/mol. The predicted molar refractivity (Wildman–Crippen MR) is 109 cm³/mol. The molecule has 0 amide bonds. The van der Waals surface area contributed by atoms with Gasteiger partial charge in [-0.1, -0.05) is 6.92 Å². The molecule has 0 spiro atoms. The van der Waals surface area contributed by atoms with Gasteiger partial charge in [0.05, 0.1) is 5.56 Å². The summed E-state index contributed by atoms with van der Waals surface area (Å²) in [6, 6.07) is 3.87. The minimum Gasteiger partial charge on any atom is -0.490 e. The van der Waals surface area contributed by atoms with Gasteiger partial charge in [-0.05, 0) is 45.4 Å². The van der Waals surface area contributed by atoms with Crippen LogP contribution in [0.2, 0.25) is 0 Å². The van der Waals surface area contributed by atoms with E-state index in [2.05, 4.69) is 5.32 Å². The van der Waals surface area contributed by atoms with Gasteiger partial charge in [0.2, 0.25) is 0 Å². The molecule has 1 rings (SSSR count). The van der Waals surface area contributed by atoms with E-state index >= 15 is 0 Å². The summed E-state index contributed by atoms with van der Waals surface area (Å²) in [6.07, 6.45) is 1.43. The number of hydrogen-bond donors (Lipinski definition) is 4. The molecule has 9 heteroatoms. The van der Waals surface area contributed by atoms with E-state index in [1.165, 1.54) is 18.2 Å². The molecule has 1 aromatic carbocycles. The number of aliphatic carboxylic acids is 2. The summed E-state index contributed by atoms with van der Waals surface area (Å²) < 4.78 is 18.8. The fourth-order valence-corrected chi connectivity index (χ4v) is 2.02. The Balaban J connectivity index is 0.000000890. The number of Topliss-reactive ketones (excluding diaryl/α,β-unsaturated/α-hetero) is 1. The van der Waals surface area contributed by atoms with Gasteiger partial charge >= 0.3 is 11.9 Å². The van der Waals surface area contributed by atoms with E-state index in [0.29, 0.717) is 37.3 Å². The fraction of sp³-hybridized carbons (Fsp3) is 0.476. The van der Waals surface area contributed by atoms with Gasteiger partial charge in [0, 0.05) is 30.7 Å². The molecule has 168 valence electrons. The first-order valence-electron chi connectivity index (χ1n) is 9.38. The molecule has 0 aliphatic heterocycles. The van der Waals surface area contributed by atoms with E-state index < -0.39 is 23.9 Å². The molecule has 0 fully saturated rings. The van der Waals surface area contributed by atoms with Gasteiger partial charge in [-0.3, -0.25) is 4.79 Å². The highest BCUT2D eigenvalue weighted by Gasteiger charge is 2.16. The summed E-state index contributed by atoms with van der Waals surface area (Å²) in [5, 5.41) is 28.7. The molecule has 4 N–H and O–H groups in total. The van der Waals surface area contributed by atoms with E-state index in [4.69, 9.17) is 14.9 Å². The Morgan fingerprint density at radius 3 is 2.20 bits per heavy atom. The van der Waals surface area contributed by atoms with E-state index in [-0.39, 0.29) is 23.5 Å². The van der Waals surface area contributed by atoms with Gasteiger partial charge in [-0.2, -0.15) is 0 Å². The number of carboxylic acid groups (broad SMARTS) is 2. The van der Waals surface area contributed by atoms with Gasteiger partial charge in [0.15, 0.2) is 5.78 Å². The second kappa shape index (κ2) is 13.4. The van der Waals surface area contributed by atoms with Crippen LogP contribution in [0.25, 0.3) is 0 Å². The summed E-state index contributed by atoms with van der Waals surface area (Å²) in [5.41, 5.74) is 0.136.